The van der Waals surface area contributed by atoms with Gasteiger partial charge in [-0.3, -0.25) is 4.57 Å². The first kappa shape index (κ1) is 20.7. The second kappa shape index (κ2) is 9.05. The Balaban J connectivity index is 1.76. The summed E-state index contributed by atoms with van der Waals surface area (Å²) in [6, 6.07) is 11.1. The number of aromatic nitrogens is 3. The molecule has 0 saturated carbocycles. The van der Waals surface area contributed by atoms with Gasteiger partial charge in [0.15, 0.2) is 11.5 Å². The fourth-order valence-electron chi connectivity index (χ4n) is 3.19. The maximum Gasteiger partial charge on any atom is 0.341 e. The molecule has 3 heterocycles. The second-order valence-corrected chi connectivity index (χ2v) is 7.56. The lowest BCUT2D eigenvalue weighted by Gasteiger charge is -2.13. The molecule has 31 heavy (non-hydrogen) atoms. The van der Waals surface area contributed by atoms with Gasteiger partial charge >= 0.3 is 5.97 Å². The maximum absolute atomic E-state index is 12.4. The van der Waals surface area contributed by atoms with Crippen LogP contribution in [0.25, 0.3) is 16.9 Å². The van der Waals surface area contributed by atoms with Crippen molar-refractivity contribution in [3.05, 3.63) is 58.5 Å². The van der Waals surface area contributed by atoms with Crippen LogP contribution < -0.4 is 14.8 Å². The molecule has 0 radical (unpaired) electrons. The fourth-order valence-corrected chi connectivity index (χ4v) is 3.84. The number of pyridine rings is 1. The summed E-state index contributed by atoms with van der Waals surface area (Å²) in [6.07, 6.45) is 1.68. The summed E-state index contributed by atoms with van der Waals surface area (Å²) in [5.74, 6) is 1.83. The number of hydrogen-bond donors (Lipinski definition) is 1. The highest BCUT2D eigenvalue weighted by atomic mass is 32.1. The minimum Gasteiger partial charge on any atom is -0.493 e. The van der Waals surface area contributed by atoms with Gasteiger partial charge in [-0.05, 0) is 30.5 Å². The zero-order valence-electron chi connectivity index (χ0n) is 17.4. The topological polar surface area (TPSA) is 87.5 Å². The monoisotopic (exact) mass is 438 g/mol. The van der Waals surface area contributed by atoms with E-state index in [-0.39, 0.29) is 0 Å². The molecular weight excluding hydrogens is 416 g/mol. The molecule has 0 aliphatic heterocycles. The van der Waals surface area contributed by atoms with E-state index in [4.69, 9.17) is 19.2 Å². The molecule has 9 heteroatoms. The highest BCUT2D eigenvalue weighted by Crippen LogP contribution is 2.32. The fraction of sp³-hybridized carbons (Fsp3) is 0.227. The third kappa shape index (κ3) is 4.17. The highest BCUT2D eigenvalue weighted by Gasteiger charge is 2.17. The molecule has 1 aromatic carbocycles. The van der Waals surface area contributed by atoms with Crippen molar-refractivity contribution >= 4 is 34.2 Å². The van der Waals surface area contributed by atoms with Crippen LogP contribution in [0.15, 0.2) is 48.1 Å². The molecule has 0 aliphatic rings. The van der Waals surface area contributed by atoms with Crippen LogP contribution in [-0.4, -0.2) is 41.3 Å². The molecule has 0 aliphatic carbocycles. The van der Waals surface area contributed by atoms with Crippen molar-refractivity contribution in [1.29, 1.82) is 0 Å². The Morgan fingerprint density at radius 1 is 1.16 bits per heavy atom. The van der Waals surface area contributed by atoms with E-state index in [0.29, 0.717) is 41.8 Å². The number of thiophene rings is 1. The largest absolute Gasteiger partial charge is 0.493 e. The van der Waals surface area contributed by atoms with Gasteiger partial charge in [-0.2, -0.15) is 0 Å². The van der Waals surface area contributed by atoms with Crippen LogP contribution in [0.5, 0.6) is 11.5 Å². The van der Waals surface area contributed by atoms with Gasteiger partial charge in [0.1, 0.15) is 23.5 Å². The van der Waals surface area contributed by atoms with Gasteiger partial charge in [0.25, 0.3) is 0 Å². The quantitative estimate of drug-likeness (QED) is 0.411. The van der Waals surface area contributed by atoms with E-state index in [2.05, 4.69) is 10.3 Å². The minimum atomic E-state index is -0.419. The third-order valence-electron chi connectivity index (χ3n) is 4.69. The number of methoxy groups -OCH3 is 2. The average Bonchev–Trinajstić information content (AvgIpc) is 3.46. The Kier molecular flexibility index (Phi) is 6.03. The van der Waals surface area contributed by atoms with Crippen molar-refractivity contribution in [2.45, 2.75) is 13.5 Å². The number of rotatable bonds is 8. The normalized spacial score (nSPS) is 10.8. The molecule has 0 saturated heterocycles. The van der Waals surface area contributed by atoms with E-state index >= 15 is 0 Å². The Bertz CT molecular complexity index is 1200. The molecule has 4 rings (SSSR count). The molecule has 4 aromatic rings. The van der Waals surface area contributed by atoms with Crippen LogP contribution in [-0.2, 0) is 11.3 Å². The molecule has 0 spiro atoms. The van der Waals surface area contributed by atoms with E-state index in [0.717, 1.165) is 15.9 Å². The van der Waals surface area contributed by atoms with Crippen molar-refractivity contribution < 1.29 is 19.0 Å². The summed E-state index contributed by atoms with van der Waals surface area (Å²) >= 11 is 1.63. The van der Waals surface area contributed by atoms with Gasteiger partial charge < -0.3 is 19.5 Å². The predicted octanol–water partition coefficient (Wildman–Crippen LogP) is 4.29. The lowest BCUT2D eigenvalue weighted by atomic mass is 10.2. The van der Waals surface area contributed by atoms with E-state index in [1.807, 2.05) is 34.2 Å². The number of imidazole rings is 1. The van der Waals surface area contributed by atoms with Crippen LogP contribution in [0.2, 0.25) is 0 Å². The Hall–Kier alpha value is -3.59. The molecule has 1 N–H and O–H groups in total. The number of carbonyl (C=O) groups is 1. The maximum atomic E-state index is 12.4. The lowest BCUT2D eigenvalue weighted by molar-refractivity contribution is 0.0527. The molecule has 0 bridgehead atoms. The van der Waals surface area contributed by atoms with Crippen molar-refractivity contribution in [2.24, 2.45) is 0 Å². The summed E-state index contributed by atoms with van der Waals surface area (Å²) < 4.78 is 17.8. The number of nitrogens with zero attached hydrogens (tertiary/aromatic N) is 3. The first-order valence-corrected chi connectivity index (χ1v) is 10.6. The number of nitrogens with one attached hydrogen (secondary N) is 1. The third-order valence-corrected chi connectivity index (χ3v) is 5.56. The van der Waals surface area contributed by atoms with Crippen molar-refractivity contribution in [3.8, 4) is 17.3 Å². The number of benzene rings is 1. The van der Waals surface area contributed by atoms with E-state index in [1.54, 1.807) is 50.9 Å². The van der Waals surface area contributed by atoms with E-state index < -0.39 is 5.97 Å². The molecule has 0 fully saturated rings. The predicted molar refractivity (Wildman–Crippen MR) is 120 cm³/mol. The first-order chi connectivity index (χ1) is 15.1. The molecule has 3 aromatic heterocycles. The van der Waals surface area contributed by atoms with Crippen molar-refractivity contribution in [2.75, 3.05) is 26.1 Å². The number of esters is 1. The zero-order chi connectivity index (χ0) is 21.8. The van der Waals surface area contributed by atoms with Gasteiger partial charge in [0.2, 0.25) is 0 Å². The number of fused-ring (bicyclic) bond motifs is 1. The van der Waals surface area contributed by atoms with Crippen molar-refractivity contribution in [1.82, 2.24) is 14.5 Å². The summed E-state index contributed by atoms with van der Waals surface area (Å²) in [6.45, 7) is 2.62. The number of anilines is 1. The van der Waals surface area contributed by atoms with Gasteiger partial charge in [0.05, 0.1) is 38.4 Å². The summed E-state index contributed by atoms with van der Waals surface area (Å²) in [5.41, 5.74) is 1.92. The molecule has 0 amide bonds. The highest BCUT2D eigenvalue weighted by molar-refractivity contribution is 7.09. The van der Waals surface area contributed by atoms with E-state index in [9.17, 15) is 4.79 Å². The summed E-state index contributed by atoms with van der Waals surface area (Å²) in [5, 5.41) is 5.27. The van der Waals surface area contributed by atoms with Crippen LogP contribution in [0.4, 0.5) is 5.82 Å². The molecule has 0 unspecified atom stereocenters. The smallest absolute Gasteiger partial charge is 0.341 e. The van der Waals surface area contributed by atoms with Crippen LogP contribution in [0, 0.1) is 0 Å². The van der Waals surface area contributed by atoms with Crippen LogP contribution in [0.1, 0.15) is 22.2 Å². The van der Waals surface area contributed by atoms with Crippen LogP contribution >= 0.6 is 11.3 Å². The first-order valence-electron chi connectivity index (χ1n) is 9.68. The van der Waals surface area contributed by atoms with Gasteiger partial charge in [-0.25, -0.2) is 14.8 Å². The van der Waals surface area contributed by atoms with E-state index in [1.165, 1.54) is 0 Å². The molecule has 8 nitrogen and oxygen atoms in total. The number of ether oxygens (including phenoxy) is 3. The second-order valence-electron chi connectivity index (χ2n) is 6.53. The Morgan fingerprint density at radius 2 is 1.97 bits per heavy atom. The summed E-state index contributed by atoms with van der Waals surface area (Å²) in [7, 11) is 3.17. The zero-order valence-corrected chi connectivity index (χ0v) is 18.2. The molecule has 160 valence electrons. The Labute approximate surface area is 183 Å². The molecular formula is C22H22N4O4S. The lowest BCUT2D eigenvalue weighted by Crippen LogP contribution is -2.12. The number of carbonyl (C=O) groups excluding carboxylic acids is 1. The standard InChI is InChI=1S/C22H22N4O4S/c1-4-30-22(27)15-7-8-20(25-21(15)23-12-14-6-5-9-31-14)26-13-24-16-10-18(28-2)19(29-3)11-17(16)26/h5-11,13H,4,12H2,1-3H3,(H,23,25). The van der Waals surface area contributed by atoms with Crippen molar-refractivity contribution in [3.63, 3.8) is 0 Å². The van der Waals surface area contributed by atoms with Gasteiger partial charge in [-0.1, -0.05) is 6.07 Å². The molecule has 0 atom stereocenters. The van der Waals surface area contributed by atoms with Gasteiger partial charge in [0, 0.05) is 17.0 Å². The summed E-state index contributed by atoms with van der Waals surface area (Å²) in [4.78, 5) is 22.7. The Morgan fingerprint density at radius 3 is 2.68 bits per heavy atom. The van der Waals surface area contributed by atoms with Gasteiger partial charge in [-0.15, -0.1) is 11.3 Å². The average molecular weight is 439 g/mol. The SMILES string of the molecule is CCOC(=O)c1ccc(-n2cnc3cc(OC)c(OC)cc32)nc1NCc1cccs1. The van der Waals surface area contributed by atoms with Crippen LogP contribution in [0.3, 0.4) is 0 Å². The minimum absolute atomic E-state index is 0.290. The number of hydrogen-bond acceptors (Lipinski definition) is 8.